The van der Waals surface area contributed by atoms with Gasteiger partial charge in [0.2, 0.25) is 0 Å². The molecule has 8 nitrogen and oxygen atoms in total. The summed E-state index contributed by atoms with van der Waals surface area (Å²) in [5, 5.41) is 15.2. The first-order chi connectivity index (χ1) is 13.7. The fourth-order valence-electron chi connectivity index (χ4n) is 3.46. The molecule has 3 rings (SSSR count). The summed E-state index contributed by atoms with van der Waals surface area (Å²) >= 11 is 0. The molecule has 0 aromatic carbocycles. The van der Waals surface area contributed by atoms with Gasteiger partial charge in [-0.25, -0.2) is 0 Å². The van der Waals surface area contributed by atoms with Gasteiger partial charge in [0.25, 0.3) is 0 Å². The summed E-state index contributed by atoms with van der Waals surface area (Å²) in [6.07, 6.45) is 2.92. The van der Waals surface area contributed by atoms with Crippen molar-refractivity contribution < 1.29 is 4.74 Å². The predicted molar refractivity (Wildman–Crippen MR) is 112 cm³/mol. The Hall–Kier alpha value is -2.19. The normalized spacial score (nSPS) is 18.7. The Morgan fingerprint density at radius 1 is 1.32 bits per heavy atom. The second-order valence-corrected chi connectivity index (χ2v) is 7.59. The summed E-state index contributed by atoms with van der Waals surface area (Å²) in [7, 11) is 0. The summed E-state index contributed by atoms with van der Waals surface area (Å²) in [6, 6.07) is 5.92. The van der Waals surface area contributed by atoms with Crippen LogP contribution in [0.4, 0.5) is 0 Å². The second-order valence-electron chi connectivity index (χ2n) is 7.59. The van der Waals surface area contributed by atoms with Gasteiger partial charge in [-0.2, -0.15) is 0 Å². The molecule has 0 radical (unpaired) electrons. The predicted octanol–water partition coefficient (Wildman–Crippen LogP) is 1.18. The smallest absolute Gasteiger partial charge is 0.191 e. The maximum Gasteiger partial charge on any atom is 0.191 e. The van der Waals surface area contributed by atoms with Crippen molar-refractivity contribution in [2.45, 2.75) is 33.3 Å². The Morgan fingerprint density at radius 2 is 2.21 bits per heavy atom. The van der Waals surface area contributed by atoms with E-state index in [1.165, 1.54) is 0 Å². The molecule has 0 spiro atoms. The number of nitrogens with zero attached hydrogens (tertiary/aromatic N) is 5. The molecule has 1 fully saturated rings. The number of fused-ring (bicyclic) bond motifs is 1. The van der Waals surface area contributed by atoms with Crippen LogP contribution in [0, 0.1) is 5.92 Å². The van der Waals surface area contributed by atoms with Crippen LogP contribution in [-0.4, -0.2) is 77.4 Å². The number of hydrogen-bond acceptors (Lipinski definition) is 5. The molecule has 0 amide bonds. The summed E-state index contributed by atoms with van der Waals surface area (Å²) < 4.78 is 7.92. The first-order valence-corrected chi connectivity index (χ1v) is 10.3. The number of aromatic nitrogens is 3. The van der Waals surface area contributed by atoms with Gasteiger partial charge in [-0.05, 0) is 25.0 Å². The minimum absolute atomic E-state index is 0.156. The van der Waals surface area contributed by atoms with Gasteiger partial charge in [0.05, 0.1) is 19.3 Å². The standard InChI is InChI=1S/C20H33N7O/c1-4-21-20(23-13-17-15-26(11-12-28-17)14-16(2)3)22-9-8-19-25-24-18-7-5-6-10-27(18)19/h5-7,10,16-17H,4,8-9,11-15H2,1-3H3,(H2,21,22,23). The lowest BCUT2D eigenvalue weighted by Gasteiger charge is -2.33. The van der Waals surface area contributed by atoms with Crippen molar-refractivity contribution in [3.63, 3.8) is 0 Å². The van der Waals surface area contributed by atoms with Crippen molar-refractivity contribution in [1.82, 2.24) is 30.1 Å². The summed E-state index contributed by atoms with van der Waals surface area (Å²) in [6.45, 7) is 12.7. The Kier molecular flexibility index (Phi) is 7.62. The highest BCUT2D eigenvalue weighted by Crippen LogP contribution is 2.08. The van der Waals surface area contributed by atoms with Crippen LogP contribution in [0.5, 0.6) is 0 Å². The maximum absolute atomic E-state index is 5.90. The Balaban J connectivity index is 1.50. The van der Waals surface area contributed by atoms with Crippen LogP contribution < -0.4 is 10.6 Å². The van der Waals surface area contributed by atoms with E-state index < -0.39 is 0 Å². The molecular formula is C20H33N7O. The Bertz CT molecular complexity index is 758. The Morgan fingerprint density at radius 3 is 3.04 bits per heavy atom. The second kappa shape index (κ2) is 10.4. The van der Waals surface area contributed by atoms with Crippen molar-refractivity contribution in [3.8, 4) is 0 Å². The minimum Gasteiger partial charge on any atom is -0.374 e. The van der Waals surface area contributed by atoms with Gasteiger partial charge in [0, 0.05) is 45.3 Å². The number of morpholine rings is 1. The van der Waals surface area contributed by atoms with Gasteiger partial charge in [-0.3, -0.25) is 14.3 Å². The van der Waals surface area contributed by atoms with E-state index in [-0.39, 0.29) is 6.10 Å². The molecule has 1 unspecified atom stereocenters. The number of rotatable bonds is 8. The molecule has 0 aliphatic carbocycles. The topological polar surface area (TPSA) is 79.1 Å². The van der Waals surface area contributed by atoms with Crippen LogP contribution in [0.25, 0.3) is 5.65 Å². The lowest BCUT2D eigenvalue weighted by atomic mass is 10.2. The number of aliphatic imine (C=N–C) groups is 1. The van der Waals surface area contributed by atoms with Gasteiger partial charge in [0.1, 0.15) is 5.82 Å². The van der Waals surface area contributed by atoms with Gasteiger partial charge in [-0.15, -0.1) is 10.2 Å². The highest BCUT2D eigenvalue weighted by atomic mass is 16.5. The van der Waals surface area contributed by atoms with Crippen LogP contribution in [-0.2, 0) is 11.2 Å². The molecule has 2 aromatic rings. The van der Waals surface area contributed by atoms with E-state index in [2.05, 4.69) is 46.5 Å². The molecule has 2 aromatic heterocycles. The molecule has 2 N–H and O–H groups in total. The van der Waals surface area contributed by atoms with Gasteiger partial charge >= 0.3 is 0 Å². The number of ether oxygens (including phenoxy) is 1. The average Bonchev–Trinajstić information content (AvgIpc) is 3.09. The van der Waals surface area contributed by atoms with Crippen molar-refractivity contribution in [1.29, 1.82) is 0 Å². The van der Waals surface area contributed by atoms with E-state index in [4.69, 9.17) is 9.73 Å². The van der Waals surface area contributed by atoms with Gasteiger partial charge < -0.3 is 15.4 Å². The number of hydrogen-bond donors (Lipinski definition) is 2. The van der Waals surface area contributed by atoms with Crippen molar-refractivity contribution >= 4 is 11.6 Å². The van der Waals surface area contributed by atoms with E-state index in [1.54, 1.807) is 0 Å². The van der Waals surface area contributed by atoms with Gasteiger partial charge in [-0.1, -0.05) is 19.9 Å². The molecule has 0 saturated carbocycles. The number of pyridine rings is 1. The van der Waals surface area contributed by atoms with E-state index in [9.17, 15) is 0 Å². The lowest BCUT2D eigenvalue weighted by Crippen LogP contribution is -2.46. The highest BCUT2D eigenvalue weighted by molar-refractivity contribution is 5.79. The van der Waals surface area contributed by atoms with Crippen LogP contribution >= 0.6 is 0 Å². The van der Waals surface area contributed by atoms with Crippen molar-refractivity contribution in [2.24, 2.45) is 10.9 Å². The molecular weight excluding hydrogens is 354 g/mol. The minimum atomic E-state index is 0.156. The number of nitrogens with one attached hydrogen (secondary N) is 2. The third kappa shape index (κ3) is 5.90. The molecule has 154 valence electrons. The molecule has 3 heterocycles. The molecule has 8 heteroatoms. The van der Waals surface area contributed by atoms with Crippen LogP contribution in [0.2, 0.25) is 0 Å². The largest absolute Gasteiger partial charge is 0.374 e. The SMILES string of the molecule is CCNC(=NCC1CN(CC(C)C)CCO1)NCCc1nnc2ccccn12. The zero-order chi connectivity index (χ0) is 19.8. The van der Waals surface area contributed by atoms with Crippen LogP contribution in [0.15, 0.2) is 29.4 Å². The molecule has 1 aliphatic rings. The zero-order valence-corrected chi connectivity index (χ0v) is 17.3. The monoisotopic (exact) mass is 387 g/mol. The molecule has 1 atom stereocenters. The molecule has 28 heavy (non-hydrogen) atoms. The zero-order valence-electron chi connectivity index (χ0n) is 17.3. The van der Waals surface area contributed by atoms with E-state index in [1.807, 2.05) is 28.8 Å². The van der Waals surface area contributed by atoms with Crippen LogP contribution in [0.3, 0.4) is 0 Å². The summed E-state index contributed by atoms with van der Waals surface area (Å²) in [5.74, 6) is 2.44. The highest BCUT2D eigenvalue weighted by Gasteiger charge is 2.20. The Labute approximate surface area is 167 Å². The first kappa shape index (κ1) is 20.5. The fourth-order valence-corrected chi connectivity index (χ4v) is 3.46. The molecule has 1 aliphatic heterocycles. The third-order valence-corrected chi connectivity index (χ3v) is 4.67. The summed E-state index contributed by atoms with van der Waals surface area (Å²) in [4.78, 5) is 7.21. The van der Waals surface area contributed by atoms with E-state index >= 15 is 0 Å². The summed E-state index contributed by atoms with van der Waals surface area (Å²) in [5.41, 5.74) is 0.874. The first-order valence-electron chi connectivity index (χ1n) is 10.3. The fraction of sp³-hybridized carbons (Fsp3) is 0.650. The van der Waals surface area contributed by atoms with E-state index in [0.717, 1.165) is 63.2 Å². The third-order valence-electron chi connectivity index (χ3n) is 4.67. The maximum atomic E-state index is 5.90. The molecule has 1 saturated heterocycles. The molecule has 0 bridgehead atoms. The van der Waals surface area contributed by atoms with E-state index in [0.29, 0.717) is 12.5 Å². The van der Waals surface area contributed by atoms with Crippen LogP contribution in [0.1, 0.15) is 26.6 Å². The average molecular weight is 388 g/mol. The van der Waals surface area contributed by atoms with Gasteiger partial charge in [0.15, 0.2) is 11.6 Å². The van der Waals surface area contributed by atoms with Crippen molar-refractivity contribution in [3.05, 3.63) is 30.2 Å². The van der Waals surface area contributed by atoms with Crippen molar-refractivity contribution in [2.75, 3.05) is 45.9 Å². The quantitative estimate of drug-likeness (QED) is 0.523. The number of guanidine groups is 1. The lowest BCUT2D eigenvalue weighted by molar-refractivity contribution is -0.0261.